The minimum Gasteiger partial charge on any atom is -0.508 e. The maximum Gasteiger partial charge on any atom is 0.243 e. The Hall–Kier alpha value is -1.57. The number of aryl methyl sites for hydroxylation is 1. The topological polar surface area (TPSA) is 60.9 Å². The van der Waals surface area contributed by atoms with Crippen molar-refractivity contribution >= 4 is 31.6 Å². The Labute approximate surface area is 150 Å². The molecule has 1 aliphatic heterocycles. The van der Waals surface area contributed by atoms with Gasteiger partial charge >= 0.3 is 0 Å². The first kappa shape index (κ1) is 17.3. The molecule has 128 valence electrons. The normalized spacial score (nSPS) is 16.3. The zero-order valence-corrected chi connectivity index (χ0v) is 15.7. The van der Waals surface area contributed by atoms with Gasteiger partial charge in [-0.1, -0.05) is 22.0 Å². The summed E-state index contributed by atoms with van der Waals surface area (Å²) >= 11 is 3.40. The van der Waals surface area contributed by atoms with Crippen molar-refractivity contribution in [2.45, 2.75) is 11.8 Å². The number of rotatable bonds is 3. The zero-order chi connectivity index (χ0) is 17.3. The van der Waals surface area contributed by atoms with E-state index in [2.05, 4.69) is 20.8 Å². The van der Waals surface area contributed by atoms with Gasteiger partial charge in [-0.15, -0.1) is 0 Å². The lowest BCUT2D eigenvalue weighted by atomic mass is 10.2. The van der Waals surface area contributed by atoms with Crippen LogP contribution in [0.15, 0.2) is 51.8 Å². The first-order valence-electron chi connectivity index (χ1n) is 7.68. The van der Waals surface area contributed by atoms with Crippen molar-refractivity contribution in [2.75, 3.05) is 31.1 Å². The van der Waals surface area contributed by atoms with Gasteiger partial charge in [-0.25, -0.2) is 8.42 Å². The fourth-order valence-corrected chi connectivity index (χ4v) is 4.56. The van der Waals surface area contributed by atoms with Crippen molar-refractivity contribution in [2.24, 2.45) is 0 Å². The fraction of sp³-hybridized carbons (Fsp3) is 0.294. The summed E-state index contributed by atoms with van der Waals surface area (Å²) in [6, 6.07) is 12.1. The molecule has 0 aliphatic carbocycles. The molecule has 2 aromatic carbocycles. The quantitative estimate of drug-likeness (QED) is 0.844. The molecule has 0 aromatic heterocycles. The molecule has 0 atom stereocenters. The molecule has 1 N–H and O–H groups in total. The third-order valence-electron chi connectivity index (χ3n) is 4.20. The molecule has 0 saturated carbocycles. The Morgan fingerprint density at radius 2 is 1.75 bits per heavy atom. The Morgan fingerprint density at radius 1 is 1.04 bits per heavy atom. The van der Waals surface area contributed by atoms with Crippen LogP contribution in [0.3, 0.4) is 0 Å². The van der Waals surface area contributed by atoms with E-state index in [4.69, 9.17) is 0 Å². The van der Waals surface area contributed by atoms with E-state index in [1.807, 2.05) is 13.0 Å². The van der Waals surface area contributed by atoms with Crippen LogP contribution in [0.2, 0.25) is 0 Å². The molecule has 7 heteroatoms. The Kier molecular flexibility index (Phi) is 4.85. The molecule has 2 aromatic rings. The number of nitrogens with zero attached hydrogens (tertiary/aromatic N) is 2. The number of benzene rings is 2. The van der Waals surface area contributed by atoms with Crippen molar-refractivity contribution in [1.82, 2.24) is 4.31 Å². The number of halogens is 1. The maximum absolute atomic E-state index is 12.8. The predicted octanol–water partition coefficient (Wildman–Crippen LogP) is 2.97. The van der Waals surface area contributed by atoms with E-state index < -0.39 is 10.0 Å². The van der Waals surface area contributed by atoms with Crippen LogP contribution >= 0.6 is 15.9 Å². The van der Waals surface area contributed by atoms with Crippen LogP contribution in [0.25, 0.3) is 0 Å². The predicted molar refractivity (Wildman–Crippen MR) is 98.0 cm³/mol. The molecular formula is C17H19BrN2O3S. The van der Waals surface area contributed by atoms with Crippen LogP contribution in [0.4, 0.5) is 5.69 Å². The third kappa shape index (κ3) is 3.43. The number of sulfonamides is 1. The largest absolute Gasteiger partial charge is 0.508 e. The van der Waals surface area contributed by atoms with E-state index in [1.165, 1.54) is 4.31 Å². The van der Waals surface area contributed by atoms with Crippen molar-refractivity contribution < 1.29 is 13.5 Å². The van der Waals surface area contributed by atoms with Gasteiger partial charge in [-0.05, 0) is 42.8 Å². The summed E-state index contributed by atoms with van der Waals surface area (Å²) < 4.78 is 28.0. The number of anilines is 1. The molecule has 0 amide bonds. The van der Waals surface area contributed by atoms with E-state index in [0.29, 0.717) is 31.1 Å². The van der Waals surface area contributed by atoms with Gasteiger partial charge < -0.3 is 10.0 Å². The Bertz CT molecular complexity index is 847. The van der Waals surface area contributed by atoms with Crippen molar-refractivity contribution in [1.29, 1.82) is 0 Å². The molecule has 1 saturated heterocycles. The van der Waals surface area contributed by atoms with E-state index in [0.717, 1.165) is 15.7 Å². The maximum atomic E-state index is 12.8. The minimum absolute atomic E-state index is 0.216. The summed E-state index contributed by atoms with van der Waals surface area (Å²) in [5.41, 5.74) is 1.81. The average Bonchev–Trinajstić information content (AvgIpc) is 2.57. The highest BCUT2D eigenvalue weighted by Crippen LogP contribution is 2.25. The van der Waals surface area contributed by atoms with Gasteiger partial charge in [-0.2, -0.15) is 4.31 Å². The Morgan fingerprint density at radius 3 is 2.38 bits per heavy atom. The number of hydrogen-bond donors (Lipinski definition) is 1. The van der Waals surface area contributed by atoms with E-state index >= 15 is 0 Å². The van der Waals surface area contributed by atoms with Crippen molar-refractivity contribution in [3.05, 3.63) is 52.5 Å². The van der Waals surface area contributed by atoms with Crippen LogP contribution in [0.1, 0.15) is 5.56 Å². The van der Waals surface area contributed by atoms with Crippen molar-refractivity contribution in [3.63, 3.8) is 0 Å². The highest BCUT2D eigenvalue weighted by molar-refractivity contribution is 9.10. The van der Waals surface area contributed by atoms with E-state index in [1.54, 1.807) is 36.4 Å². The first-order chi connectivity index (χ1) is 11.4. The van der Waals surface area contributed by atoms with Crippen LogP contribution in [-0.2, 0) is 10.0 Å². The SMILES string of the molecule is Cc1cc(S(=O)(=O)N2CCN(c3cccc(O)c3)CC2)ccc1Br. The van der Waals surface area contributed by atoms with Gasteiger partial charge in [0.25, 0.3) is 0 Å². The average molecular weight is 411 g/mol. The molecular weight excluding hydrogens is 392 g/mol. The molecule has 1 heterocycles. The van der Waals surface area contributed by atoms with Gasteiger partial charge in [0.15, 0.2) is 0 Å². The summed E-state index contributed by atoms with van der Waals surface area (Å²) in [6.07, 6.45) is 0. The van der Waals surface area contributed by atoms with Crippen LogP contribution in [0, 0.1) is 6.92 Å². The van der Waals surface area contributed by atoms with Crippen LogP contribution in [-0.4, -0.2) is 44.0 Å². The van der Waals surface area contributed by atoms with Crippen molar-refractivity contribution in [3.8, 4) is 5.75 Å². The van der Waals surface area contributed by atoms with Gasteiger partial charge in [0.2, 0.25) is 10.0 Å². The number of piperazine rings is 1. The molecule has 3 rings (SSSR count). The minimum atomic E-state index is -3.48. The lowest BCUT2D eigenvalue weighted by molar-refractivity contribution is 0.384. The monoisotopic (exact) mass is 410 g/mol. The van der Waals surface area contributed by atoms with E-state index in [-0.39, 0.29) is 5.75 Å². The molecule has 0 unspecified atom stereocenters. The second-order valence-corrected chi connectivity index (χ2v) is 8.61. The number of hydrogen-bond acceptors (Lipinski definition) is 4. The van der Waals surface area contributed by atoms with Gasteiger partial charge in [0.1, 0.15) is 5.75 Å². The highest BCUT2D eigenvalue weighted by atomic mass is 79.9. The number of phenolic OH excluding ortho intramolecular Hbond substituents is 1. The van der Waals surface area contributed by atoms with Crippen LogP contribution in [0.5, 0.6) is 5.75 Å². The first-order valence-corrected chi connectivity index (χ1v) is 9.91. The standard InChI is InChI=1S/C17H19BrN2O3S/c1-13-11-16(5-6-17(13)18)24(22,23)20-9-7-19(8-10-20)14-3-2-4-15(21)12-14/h2-6,11-12,21H,7-10H2,1H3. The lowest BCUT2D eigenvalue weighted by Gasteiger charge is -2.35. The molecule has 0 bridgehead atoms. The number of phenols is 1. The lowest BCUT2D eigenvalue weighted by Crippen LogP contribution is -2.48. The number of aromatic hydroxyl groups is 1. The van der Waals surface area contributed by atoms with E-state index in [9.17, 15) is 13.5 Å². The summed E-state index contributed by atoms with van der Waals surface area (Å²) in [5, 5.41) is 9.59. The summed E-state index contributed by atoms with van der Waals surface area (Å²) in [7, 11) is -3.48. The third-order valence-corrected chi connectivity index (χ3v) is 6.99. The van der Waals surface area contributed by atoms with Gasteiger partial charge in [-0.3, -0.25) is 0 Å². The van der Waals surface area contributed by atoms with Crippen LogP contribution < -0.4 is 4.90 Å². The molecule has 5 nitrogen and oxygen atoms in total. The molecule has 1 aliphatic rings. The Balaban J connectivity index is 1.74. The molecule has 24 heavy (non-hydrogen) atoms. The summed E-state index contributed by atoms with van der Waals surface area (Å²) in [5.74, 6) is 0.216. The second kappa shape index (κ2) is 6.74. The van der Waals surface area contributed by atoms with Gasteiger partial charge in [0.05, 0.1) is 4.90 Å². The van der Waals surface area contributed by atoms with Gasteiger partial charge in [0, 0.05) is 42.4 Å². The second-order valence-electron chi connectivity index (χ2n) is 5.82. The fourth-order valence-electron chi connectivity index (χ4n) is 2.80. The smallest absolute Gasteiger partial charge is 0.243 e. The zero-order valence-electron chi connectivity index (χ0n) is 13.3. The molecule has 0 radical (unpaired) electrons. The highest BCUT2D eigenvalue weighted by Gasteiger charge is 2.28. The molecule has 0 spiro atoms. The summed E-state index contributed by atoms with van der Waals surface area (Å²) in [4.78, 5) is 2.41. The molecule has 1 fully saturated rings. The summed E-state index contributed by atoms with van der Waals surface area (Å²) in [6.45, 7) is 3.92.